The molecule has 8 heteroatoms. The van der Waals surface area contributed by atoms with Crippen molar-refractivity contribution >= 4 is 11.9 Å². The van der Waals surface area contributed by atoms with Gasteiger partial charge in [-0.2, -0.15) is 13.2 Å². The molecule has 0 spiro atoms. The Morgan fingerprint density at radius 3 is 2.36 bits per heavy atom. The molecule has 2 fully saturated rings. The number of nitrogens with zero attached hydrogens (tertiary/aromatic N) is 2. The fourth-order valence-corrected chi connectivity index (χ4v) is 3.18. The molecule has 1 aliphatic carbocycles. The fraction of sp³-hybridized carbons (Fsp3) is 0.529. The molecule has 2 aliphatic rings. The van der Waals surface area contributed by atoms with E-state index in [1.54, 1.807) is 18.9 Å². The zero-order valence-electron chi connectivity index (χ0n) is 14.1. The van der Waals surface area contributed by atoms with Gasteiger partial charge >= 0.3 is 12.2 Å². The Morgan fingerprint density at radius 2 is 1.84 bits per heavy atom. The molecule has 25 heavy (non-hydrogen) atoms. The van der Waals surface area contributed by atoms with Crippen LogP contribution in [-0.2, 0) is 17.5 Å². The van der Waals surface area contributed by atoms with Crippen LogP contribution in [0.3, 0.4) is 0 Å². The fourth-order valence-electron chi connectivity index (χ4n) is 3.18. The second-order valence-corrected chi connectivity index (χ2v) is 6.99. The summed E-state index contributed by atoms with van der Waals surface area (Å²) in [4.78, 5) is 27.6. The summed E-state index contributed by atoms with van der Waals surface area (Å²) >= 11 is 0. The molecule has 0 aromatic heterocycles. The molecule has 0 unspecified atom stereocenters. The van der Waals surface area contributed by atoms with Gasteiger partial charge in [-0.3, -0.25) is 9.69 Å². The lowest BCUT2D eigenvalue weighted by molar-refractivity contribution is -0.137. The highest BCUT2D eigenvalue weighted by Gasteiger charge is 2.56. The van der Waals surface area contributed by atoms with Gasteiger partial charge in [-0.15, -0.1) is 0 Å². The van der Waals surface area contributed by atoms with Crippen molar-refractivity contribution < 1.29 is 22.8 Å². The average Bonchev–Trinajstić information content (AvgIpc) is 3.33. The highest BCUT2D eigenvalue weighted by Crippen LogP contribution is 2.42. The van der Waals surface area contributed by atoms with Crippen LogP contribution in [0, 0.1) is 5.92 Å². The molecule has 0 bridgehead atoms. The third-order valence-electron chi connectivity index (χ3n) is 4.81. The van der Waals surface area contributed by atoms with Crippen molar-refractivity contribution in [3.63, 3.8) is 0 Å². The standard InChI is InChI=1S/C17H20F3N3O2/c1-16(12-7-8-12)14(24)23(15(25)21-16)10-22(2)9-11-3-5-13(6-4-11)17(18,19)20/h3-6,12H,7-10H2,1-2H3,(H,21,25)/t16-/m0/s1. The molecule has 1 aromatic carbocycles. The monoisotopic (exact) mass is 355 g/mol. The number of benzene rings is 1. The van der Waals surface area contributed by atoms with Gasteiger partial charge in [-0.25, -0.2) is 9.69 Å². The number of rotatable bonds is 5. The van der Waals surface area contributed by atoms with Crippen LogP contribution in [-0.4, -0.2) is 41.0 Å². The molecule has 3 rings (SSSR count). The van der Waals surface area contributed by atoms with Crippen LogP contribution in [0.15, 0.2) is 24.3 Å². The molecular formula is C17H20F3N3O2. The van der Waals surface area contributed by atoms with Gasteiger partial charge in [0.15, 0.2) is 0 Å². The zero-order chi connectivity index (χ0) is 18.4. The normalized spacial score (nSPS) is 24.2. The first kappa shape index (κ1) is 17.7. The Bertz CT molecular complexity index is 685. The van der Waals surface area contributed by atoms with Gasteiger partial charge in [-0.1, -0.05) is 12.1 Å². The van der Waals surface area contributed by atoms with Crippen molar-refractivity contribution in [3.8, 4) is 0 Å². The number of alkyl halides is 3. The third kappa shape index (κ3) is 3.49. The number of hydrogen-bond acceptors (Lipinski definition) is 3. The van der Waals surface area contributed by atoms with Crippen LogP contribution >= 0.6 is 0 Å². The van der Waals surface area contributed by atoms with Gasteiger partial charge < -0.3 is 5.32 Å². The van der Waals surface area contributed by atoms with Crippen LogP contribution in [0.5, 0.6) is 0 Å². The number of halogens is 3. The highest BCUT2D eigenvalue weighted by atomic mass is 19.4. The molecule has 1 N–H and O–H groups in total. The number of nitrogens with one attached hydrogen (secondary N) is 1. The summed E-state index contributed by atoms with van der Waals surface area (Å²) in [7, 11) is 1.71. The number of hydrogen-bond donors (Lipinski definition) is 1. The molecule has 1 aliphatic heterocycles. The van der Waals surface area contributed by atoms with E-state index >= 15 is 0 Å². The Morgan fingerprint density at radius 1 is 1.24 bits per heavy atom. The summed E-state index contributed by atoms with van der Waals surface area (Å²) < 4.78 is 37.7. The molecule has 5 nitrogen and oxygen atoms in total. The largest absolute Gasteiger partial charge is 0.416 e. The summed E-state index contributed by atoms with van der Waals surface area (Å²) in [6.45, 7) is 2.17. The maximum absolute atomic E-state index is 12.6. The maximum Gasteiger partial charge on any atom is 0.416 e. The van der Waals surface area contributed by atoms with Crippen LogP contribution in [0.4, 0.5) is 18.0 Å². The van der Waals surface area contributed by atoms with Gasteiger partial charge in [0.2, 0.25) is 0 Å². The van der Waals surface area contributed by atoms with E-state index in [0.717, 1.165) is 25.0 Å². The number of carbonyl (C=O) groups is 2. The average molecular weight is 355 g/mol. The molecule has 1 heterocycles. The quantitative estimate of drug-likeness (QED) is 0.827. The van der Waals surface area contributed by atoms with Crippen molar-refractivity contribution in [3.05, 3.63) is 35.4 Å². The topological polar surface area (TPSA) is 52.6 Å². The summed E-state index contributed by atoms with van der Waals surface area (Å²) in [6, 6.07) is 4.44. The Labute approximate surface area is 143 Å². The van der Waals surface area contributed by atoms with Crippen LogP contribution in [0.25, 0.3) is 0 Å². The molecule has 3 amide bonds. The van der Waals surface area contributed by atoms with Crippen LogP contribution in [0.2, 0.25) is 0 Å². The minimum absolute atomic E-state index is 0.0913. The molecule has 1 saturated heterocycles. The van der Waals surface area contributed by atoms with Crippen molar-refractivity contribution in [1.82, 2.24) is 15.1 Å². The number of carbonyl (C=O) groups excluding carboxylic acids is 2. The number of urea groups is 1. The highest BCUT2D eigenvalue weighted by molar-refractivity contribution is 6.07. The minimum atomic E-state index is -4.36. The Hall–Kier alpha value is -2.09. The zero-order valence-corrected chi connectivity index (χ0v) is 14.1. The predicted octanol–water partition coefficient (Wildman–Crippen LogP) is 2.82. The van der Waals surface area contributed by atoms with E-state index in [1.165, 1.54) is 17.0 Å². The van der Waals surface area contributed by atoms with Gasteiger partial charge in [0.1, 0.15) is 5.54 Å². The minimum Gasteiger partial charge on any atom is -0.323 e. The van der Waals surface area contributed by atoms with E-state index < -0.39 is 23.3 Å². The number of amides is 3. The first-order valence-electron chi connectivity index (χ1n) is 8.10. The summed E-state index contributed by atoms with van der Waals surface area (Å²) in [5, 5.41) is 2.77. The molecule has 0 radical (unpaired) electrons. The summed E-state index contributed by atoms with van der Waals surface area (Å²) in [5.74, 6) is -0.0477. The first-order chi connectivity index (χ1) is 11.6. The van der Waals surface area contributed by atoms with E-state index in [4.69, 9.17) is 0 Å². The van der Waals surface area contributed by atoms with E-state index in [0.29, 0.717) is 12.1 Å². The lowest BCUT2D eigenvalue weighted by atomic mass is 9.96. The third-order valence-corrected chi connectivity index (χ3v) is 4.81. The Kier molecular flexibility index (Phi) is 4.26. The van der Waals surface area contributed by atoms with E-state index in [2.05, 4.69) is 5.32 Å². The number of imide groups is 1. The molecule has 1 aromatic rings. The molecular weight excluding hydrogens is 335 g/mol. The van der Waals surface area contributed by atoms with Gasteiger partial charge in [-0.05, 0) is 50.4 Å². The maximum atomic E-state index is 12.6. The van der Waals surface area contributed by atoms with E-state index in [9.17, 15) is 22.8 Å². The summed E-state index contributed by atoms with van der Waals surface area (Å²) in [5.41, 5.74) is -0.854. The lowest BCUT2D eigenvalue weighted by Crippen LogP contribution is -2.46. The van der Waals surface area contributed by atoms with E-state index in [1.807, 2.05) is 0 Å². The van der Waals surface area contributed by atoms with Crippen LogP contribution in [0.1, 0.15) is 30.9 Å². The van der Waals surface area contributed by atoms with Crippen molar-refractivity contribution in [2.24, 2.45) is 5.92 Å². The van der Waals surface area contributed by atoms with E-state index in [-0.39, 0.29) is 18.5 Å². The van der Waals surface area contributed by atoms with Gasteiger partial charge in [0, 0.05) is 6.54 Å². The van der Waals surface area contributed by atoms with Crippen molar-refractivity contribution in [1.29, 1.82) is 0 Å². The first-order valence-corrected chi connectivity index (χ1v) is 8.10. The predicted molar refractivity (Wildman–Crippen MR) is 84.3 cm³/mol. The smallest absolute Gasteiger partial charge is 0.323 e. The van der Waals surface area contributed by atoms with Gasteiger partial charge in [0.25, 0.3) is 5.91 Å². The lowest BCUT2D eigenvalue weighted by Gasteiger charge is -2.24. The summed E-state index contributed by atoms with van der Waals surface area (Å²) in [6.07, 6.45) is -2.51. The molecule has 1 atom stereocenters. The van der Waals surface area contributed by atoms with Gasteiger partial charge in [0.05, 0.1) is 12.2 Å². The Balaban J connectivity index is 1.62. The van der Waals surface area contributed by atoms with Crippen molar-refractivity contribution in [2.75, 3.05) is 13.7 Å². The second kappa shape index (κ2) is 6.01. The van der Waals surface area contributed by atoms with Crippen molar-refractivity contribution in [2.45, 2.75) is 38.0 Å². The second-order valence-electron chi connectivity index (χ2n) is 6.99. The molecule has 136 valence electrons. The van der Waals surface area contributed by atoms with Crippen LogP contribution < -0.4 is 5.32 Å². The molecule has 1 saturated carbocycles. The SMILES string of the molecule is CN(Cc1ccc(C(F)(F)F)cc1)CN1C(=O)N[C@@](C)(C2CC2)C1=O.